The predicted molar refractivity (Wildman–Crippen MR) is 115 cm³/mol. The van der Waals surface area contributed by atoms with Crippen LogP contribution in [0, 0.1) is 0 Å². The first-order chi connectivity index (χ1) is 13.1. The van der Waals surface area contributed by atoms with Gasteiger partial charge in [-0.3, -0.25) is 4.79 Å². The topological polar surface area (TPSA) is 54.1 Å². The molecule has 0 aliphatic heterocycles. The second-order valence-corrected chi connectivity index (χ2v) is 7.68. The molecule has 2 aromatic heterocycles. The molecule has 2 N–H and O–H groups in total. The van der Waals surface area contributed by atoms with Crippen molar-refractivity contribution in [2.75, 3.05) is 20.7 Å². The van der Waals surface area contributed by atoms with Gasteiger partial charge in [-0.05, 0) is 42.6 Å². The van der Waals surface area contributed by atoms with Gasteiger partial charge in [0.2, 0.25) is 0 Å². The first-order valence-electron chi connectivity index (χ1n) is 8.67. The molecule has 27 heavy (non-hydrogen) atoms. The Labute approximate surface area is 165 Å². The lowest BCUT2D eigenvalue weighted by atomic mass is 9.96. The summed E-state index contributed by atoms with van der Waals surface area (Å²) in [5.74, 6) is 0.690. The van der Waals surface area contributed by atoms with E-state index in [2.05, 4.69) is 34.6 Å². The van der Waals surface area contributed by atoms with Gasteiger partial charge in [-0.15, -0.1) is 11.3 Å². The average molecular weight is 399 g/mol. The van der Waals surface area contributed by atoms with E-state index in [9.17, 15) is 4.79 Å². The van der Waals surface area contributed by atoms with Crippen molar-refractivity contribution in [1.29, 1.82) is 0 Å². The van der Waals surface area contributed by atoms with E-state index >= 15 is 0 Å². The van der Waals surface area contributed by atoms with Gasteiger partial charge in [0, 0.05) is 22.4 Å². The maximum atomic E-state index is 12.4. The van der Waals surface area contributed by atoms with Crippen LogP contribution in [0.25, 0.3) is 32.1 Å². The Kier molecular flexibility index (Phi) is 4.91. The van der Waals surface area contributed by atoms with Crippen molar-refractivity contribution in [1.82, 2.24) is 10.3 Å². The third-order valence-corrected chi connectivity index (χ3v) is 5.96. The van der Waals surface area contributed by atoms with Crippen molar-refractivity contribution >= 4 is 43.9 Å². The van der Waals surface area contributed by atoms with Crippen LogP contribution < -0.4 is 15.6 Å². The highest BCUT2D eigenvalue weighted by Gasteiger charge is 2.18. The smallest absolute Gasteiger partial charge is 0.266 e. The quantitative estimate of drug-likeness (QED) is 0.506. The van der Waals surface area contributed by atoms with Crippen molar-refractivity contribution in [3.63, 3.8) is 0 Å². The molecule has 2 aromatic carbocycles. The fourth-order valence-electron chi connectivity index (χ4n) is 3.43. The van der Waals surface area contributed by atoms with Gasteiger partial charge in [0.05, 0.1) is 17.6 Å². The summed E-state index contributed by atoms with van der Waals surface area (Å²) in [4.78, 5) is 15.4. The Bertz CT molecular complexity index is 1180. The van der Waals surface area contributed by atoms with Gasteiger partial charge in [-0.25, -0.2) is 0 Å². The number of methoxy groups -OCH3 is 1. The Hall–Kier alpha value is -2.34. The van der Waals surface area contributed by atoms with Crippen molar-refractivity contribution in [3.05, 3.63) is 62.7 Å². The minimum absolute atomic E-state index is 0.118. The molecule has 0 spiro atoms. The SMILES string of the molecule is CNCCc1ccc(-c2c(OC)cc(Cl)c3[nH]c(=O)c4sccc4c23)cc1. The normalized spacial score (nSPS) is 11.4. The Morgan fingerprint density at radius 1 is 1.22 bits per heavy atom. The van der Waals surface area contributed by atoms with E-state index in [0.29, 0.717) is 21.0 Å². The minimum atomic E-state index is -0.118. The van der Waals surface area contributed by atoms with Gasteiger partial charge >= 0.3 is 0 Å². The molecule has 0 radical (unpaired) electrons. The molecule has 0 unspecified atom stereocenters. The van der Waals surface area contributed by atoms with Crippen LogP contribution in [0.4, 0.5) is 0 Å². The number of H-pyrrole nitrogens is 1. The summed E-state index contributed by atoms with van der Waals surface area (Å²) in [6.07, 6.45) is 0.970. The summed E-state index contributed by atoms with van der Waals surface area (Å²) < 4.78 is 6.35. The molecule has 0 aliphatic rings. The minimum Gasteiger partial charge on any atom is -0.496 e. The summed E-state index contributed by atoms with van der Waals surface area (Å²) in [6.45, 7) is 0.934. The molecule has 0 bridgehead atoms. The molecule has 4 nitrogen and oxygen atoms in total. The number of hydrogen-bond donors (Lipinski definition) is 2. The van der Waals surface area contributed by atoms with Crippen molar-refractivity contribution < 1.29 is 4.74 Å². The molecule has 0 aliphatic carbocycles. The average Bonchev–Trinajstić information content (AvgIpc) is 3.18. The molecule has 4 rings (SSSR count). The second kappa shape index (κ2) is 7.35. The third-order valence-electron chi connectivity index (χ3n) is 4.75. The lowest BCUT2D eigenvalue weighted by Gasteiger charge is -2.15. The number of rotatable bonds is 5. The van der Waals surface area contributed by atoms with Crippen molar-refractivity contribution in [2.45, 2.75) is 6.42 Å². The van der Waals surface area contributed by atoms with Crippen LogP contribution >= 0.6 is 22.9 Å². The molecule has 0 saturated heterocycles. The highest BCUT2D eigenvalue weighted by Crippen LogP contribution is 2.43. The second-order valence-electron chi connectivity index (χ2n) is 6.35. The summed E-state index contributed by atoms with van der Waals surface area (Å²) >= 11 is 7.90. The van der Waals surface area contributed by atoms with E-state index in [4.69, 9.17) is 16.3 Å². The van der Waals surface area contributed by atoms with Gasteiger partial charge < -0.3 is 15.0 Å². The maximum Gasteiger partial charge on any atom is 0.266 e. The maximum absolute atomic E-state index is 12.4. The first kappa shape index (κ1) is 18.0. The zero-order valence-corrected chi connectivity index (χ0v) is 16.6. The molecular weight excluding hydrogens is 380 g/mol. The van der Waals surface area contributed by atoms with Gasteiger partial charge in [0.25, 0.3) is 5.56 Å². The van der Waals surface area contributed by atoms with Crippen LogP contribution in [-0.4, -0.2) is 25.7 Å². The number of likely N-dealkylation sites (N-methyl/N-ethyl adjacent to an activating group) is 1. The summed E-state index contributed by atoms with van der Waals surface area (Å²) in [5.41, 5.74) is 3.76. The molecule has 2 heterocycles. The Morgan fingerprint density at radius 3 is 2.70 bits per heavy atom. The molecular formula is C21H19ClN2O2S. The number of ether oxygens (including phenoxy) is 1. The van der Waals surface area contributed by atoms with Crippen LogP contribution in [0.2, 0.25) is 5.02 Å². The fraction of sp³-hybridized carbons (Fsp3) is 0.190. The number of aromatic amines is 1. The standard InChI is InChI=1S/C21H19ClN2O2S/c1-23-9-7-12-3-5-13(6-4-12)17-16(26-2)11-15(22)19-18(17)14-8-10-27-20(14)21(25)24-19/h3-6,8,10-11,23H,7,9H2,1-2H3,(H,24,25). The van der Waals surface area contributed by atoms with E-state index in [1.54, 1.807) is 13.2 Å². The van der Waals surface area contributed by atoms with Crippen molar-refractivity contribution in [2.24, 2.45) is 0 Å². The number of benzene rings is 2. The van der Waals surface area contributed by atoms with E-state index in [-0.39, 0.29) is 5.56 Å². The van der Waals surface area contributed by atoms with Gasteiger partial charge in [0.15, 0.2) is 0 Å². The van der Waals surface area contributed by atoms with E-state index in [0.717, 1.165) is 34.9 Å². The summed E-state index contributed by atoms with van der Waals surface area (Å²) in [6, 6.07) is 12.2. The summed E-state index contributed by atoms with van der Waals surface area (Å²) in [7, 11) is 3.59. The van der Waals surface area contributed by atoms with E-state index in [1.807, 2.05) is 18.5 Å². The van der Waals surface area contributed by atoms with Crippen LogP contribution in [0.1, 0.15) is 5.56 Å². The van der Waals surface area contributed by atoms with Crippen LogP contribution in [0.3, 0.4) is 0 Å². The van der Waals surface area contributed by atoms with Gasteiger partial charge in [-0.2, -0.15) is 0 Å². The number of pyridine rings is 1. The molecule has 0 fully saturated rings. The van der Waals surface area contributed by atoms with Crippen molar-refractivity contribution in [3.8, 4) is 16.9 Å². The first-order valence-corrected chi connectivity index (χ1v) is 9.93. The number of thiophene rings is 1. The van der Waals surface area contributed by atoms with Crippen LogP contribution in [0.15, 0.2) is 46.6 Å². The number of nitrogens with one attached hydrogen (secondary N) is 2. The number of fused-ring (bicyclic) bond motifs is 3. The summed E-state index contributed by atoms with van der Waals surface area (Å²) in [5, 5.41) is 7.38. The van der Waals surface area contributed by atoms with Gasteiger partial charge in [-0.1, -0.05) is 35.9 Å². The molecule has 6 heteroatoms. The number of aromatic nitrogens is 1. The van der Waals surface area contributed by atoms with E-state index < -0.39 is 0 Å². The zero-order valence-electron chi connectivity index (χ0n) is 15.1. The fourth-order valence-corrected chi connectivity index (χ4v) is 4.46. The monoisotopic (exact) mass is 398 g/mol. The predicted octanol–water partition coefficient (Wildman–Crippen LogP) is 4.83. The molecule has 0 saturated carbocycles. The lowest BCUT2D eigenvalue weighted by molar-refractivity contribution is 0.417. The van der Waals surface area contributed by atoms with Gasteiger partial charge in [0.1, 0.15) is 10.4 Å². The molecule has 4 aromatic rings. The lowest BCUT2D eigenvalue weighted by Crippen LogP contribution is -2.10. The number of hydrogen-bond acceptors (Lipinski definition) is 4. The van der Waals surface area contributed by atoms with Crippen LogP contribution in [-0.2, 0) is 6.42 Å². The Balaban J connectivity index is 2.02. The highest BCUT2D eigenvalue weighted by molar-refractivity contribution is 7.17. The molecule has 0 amide bonds. The van der Waals surface area contributed by atoms with Crippen LogP contribution in [0.5, 0.6) is 5.75 Å². The molecule has 0 atom stereocenters. The molecule has 138 valence electrons. The van der Waals surface area contributed by atoms with E-state index in [1.165, 1.54) is 16.9 Å². The largest absolute Gasteiger partial charge is 0.496 e. The zero-order chi connectivity index (χ0) is 19.0. The highest BCUT2D eigenvalue weighted by atomic mass is 35.5. The third kappa shape index (κ3) is 3.12. The Morgan fingerprint density at radius 2 is 2.00 bits per heavy atom. The number of halogens is 1.